The van der Waals surface area contributed by atoms with Crippen molar-refractivity contribution in [3.63, 3.8) is 0 Å². The Bertz CT molecular complexity index is 615. The molecule has 2 aromatic rings. The molecule has 1 aromatic carbocycles. The van der Waals surface area contributed by atoms with Gasteiger partial charge in [0.1, 0.15) is 17.6 Å². The molecule has 1 atom stereocenters. The standard InChI is InChI=1S/C18H25N3O3.HI/c1-3-19-18(21-13-16(22)17-5-4-12-24-17)20-11-10-14-6-8-15(23-2)9-7-14;/h4-9,12,16,22H,3,10-11,13H2,1-2H3,(H2,19,20,21);1H. The van der Waals surface area contributed by atoms with Gasteiger partial charge in [0.05, 0.1) is 19.9 Å². The van der Waals surface area contributed by atoms with Gasteiger partial charge in [-0.05, 0) is 43.2 Å². The Morgan fingerprint density at radius 2 is 2.00 bits per heavy atom. The number of ether oxygens (including phenoxy) is 1. The molecule has 0 spiro atoms. The molecule has 2 rings (SSSR count). The van der Waals surface area contributed by atoms with Gasteiger partial charge in [-0.3, -0.25) is 4.99 Å². The maximum Gasteiger partial charge on any atom is 0.191 e. The van der Waals surface area contributed by atoms with Gasteiger partial charge in [0.15, 0.2) is 5.96 Å². The molecule has 138 valence electrons. The van der Waals surface area contributed by atoms with E-state index in [0.717, 1.165) is 25.3 Å². The molecule has 0 bridgehead atoms. The van der Waals surface area contributed by atoms with E-state index in [1.807, 2.05) is 31.2 Å². The van der Waals surface area contributed by atoms with E-state index in [1.165, 1.54) is 5.56 Å². The van der Waals surface area contributed by atoms with Crippen LogP contribution in [-0.2, 0) is 6.42 Å². The SMILES string of the molecule is CCNC(=NCC(O)c1ccco1)NCCc1ccc(OC)cc1.I. The lowest BCUT2D eigenvalue weighted by molar-refractivity contribution is 0.158. The Balaban J connectivity index is 0.00000312. The predicted octanol–water partition coefficient (Wildman–Crippen LogP) is 2.74. The van der Waals surface area contributed by atoms with Crippen molar-refractivity contribution in [3.05, 3.63) is 54.0 Å². The molecule has 3 N–H and O–H groups in total. The zero-order valence-corrected chi connectivity index (χ0v) is 16.9. The first kappa shape index (κ1) is 21.3. The van der Waals surface area contributed by atoms with E-state index in [4.69, 9.17) is 9.15 Å². The zero-order valence-electron chi connectivity index (χ0n) is 14.6. The number of methoxy groups -OCH3 is 1. The van der Waals surface area contributed by atoms with Crippen LogP contribution >= 0.6 is 24.0 Å². The number of halogens is 1. The highest BCUT2D eigenvalue weighted by Gasteiger charge is 2.09. The second-order valence-corrected chi connectivity index (χ2v) is 5.28. The fourth-order valence-corrected chi connectivity index (χ4v) is 2.21. The van der Waals surface area contributed by atoms with Crippen molar-refractivity contribution in [2.45, 2.75) is 19.4 Å². The van der Waals surface area contributed by atoms with Gasteiger partial charge in [0.25, 0.3) is 0 Å². The molecule has 0 aliphatic heterocycles. The summed E-state index contributed by atoms with van der Waals surface area (Å²) < 4.78 is 10.3. The number of hydrogen-bond donors (Lipinski definition) is 3. The first-order valence-electron chi connectivity index (χ1n) is 8.09. The van der Waals surface area contributed by atoms with Crippen molar-refractivity contribution in [1.29, 1.82) is 0 Å². The number of aliphatic hydroxyl groups is 1. The first-order valence-corrected chi connectivity index (χ1v) is 8.09. The summed E-state index contributed by atoms with van der Waals surface area (Å²) in [4.78, 5) is 4.39. The summed E-state index contributed by atoms with van der Waals surface area (Å²) in [6.45, 7) is 3.75. The summed E-state index contributed by atoms with van der Waals surface area (Å²) in [5.41, 5.74) is 1.22. The summed E-state index contributed by atoms with van der Waals surface area (Å²) in [7, 11) is 1.66. The molecule has 0 fully saturated rings. The minimum absolute atomic E-state index is 0. The largest absolute Gasteiger partial charge is 0.497 e. The van der Waals surface area contributed by atoms with Crippen molar-refractivity contribution in [1.82, 2.24) is 10.6 Å². The summed E-state index contributed by atoms with van der Waals surface area (Å²) >= 11 is 0. The molecule has 1 unspecified atom stereocenters. The van der Waals surface area contributed by atoms with Gasteiger partial charge in [-0.15, -0.1) is 24.0 Å². The third kappa shape index (κ3) is 7.35. The average Bonchev–Trinajstić information content (AvgIpc) is 3.14. The lowest BCUT2D eigenvalue weighted by Crippen LogP contribution is -2.38. The highest BCUT2D eigenvalue weighted by molar-refractivity contribution is 14.0. The summed E-state index contributed by atoms with van der Waals surface area (Å²) in [5.74, 6) is 2.05. The van der Waals surface area contributed by atoms with E-state index in [1.54, 1.807) is 25.5 Å². The number of aliphatic hydroxyl groups excluding tert-OH is 1. The van der Waals surface area contributed by atoms with Crippen molar-refractivity contribution in [2.75, 3.05) is 26.7 Å². The van der Waals surface area contributed by atoms with Crippen LogP contribution in [0, 0.1) is 0 Å². The minimum Gasteiger partial charge on any atom is -0.497 e. The van der Waals surface area contributed by atoms with Crippen LogP contribution in [0.2, 0.25) is 0 Å². The second-order valence-electron chi connectivity index (χ2n) is 5.28. The van der Waals surface area contributed by atoms with Crippen molar-refractivity contribution < 1.29 is 14.3 Å². The van der Waals surface area contributed by atoms with E-state index < -0.39 is 6.10 Å². The number of nitrogens with zero attached hydrogens (tertiary/aromatic N) is 1. The maximum absolute atomic E-state index is 10.0. The van der Waals surface area contributed by atoms with Crippen LogP contribution in [-0.4, -0.2) is 37.8 Å². The Morgan fingerprint density at radius 1 is 1.24 bits per heavy atom. The maximum atomic E-state index is 10.0. The molecule has 0 saturated heterocycles. The monoisotopic (exact) mass is 459 g/mol. The van der Waals surface area contributed by atoms with Gasteiger partial charge in [0, 0.05) is 13.1 Å². The molecule has 0 aliphatic carbocycles. The van der Waals surface area contributed by atoms with Gasteiger partial charge in [-0.25, -0.2) is 0 Å². The highest BCUT2D eigenvalue weighted by Crippen LogP contribution is 2.13. The Morgan fingerprint density at radius 3 is 2.60 bits per heavy atom. The van der Waals surface area contributed by atoms with Crippen LogP contribution in [0.25, 0.3) is 0 Å². The van der Waals surface area contributed by atoms with Crippen LogP contribution in [0.3, 0.4) is 0 Å². The number of benzene rings is 1. The Kier molecular flexibility index (Phi) is 10.0. The summed E-state index contributed by atoms with van der Waals surface area (Å²) in [6.07, 6.45) is 1.67. The number of hydrogen-bond acceptors (Lipinski definition) is 4. The van der Waals surface area contributed by atoms with Gasteiger partial charge in [0.2, 0.25) is 0 Å². The predicted molar refractivity (Wildman–Crippen MR) is 110 cm³/mol. The lowest BCUT2D eigenvalue weighted by Gasteiger charge is -2.12. The quantitative estimate of drug-likeness (QED) is 0.322. The van der Waals surface area contributed by atoms with Crippen LogP contribution in [0.4, 0.5) is 0 Å². The molecule has 25 heavy (non-hydrogen) atoms. The smallest absolute Gasteiger partial charge is 0.191 e. The topological polar surface area (TPSA) is 79.0 Å². The van der Waals surface area contributed by atoms with Crippen molar-refractivity contribution in [2.24, 2.45) is 4.99 Å². The third-order valence-corrected chi connectivity index (χ3v) is 3.50. The minimum atomic E-state index is -0.739. The number of guanidine groups is 1. The molecule has 0 aliphatic rings. The van der Waals surface area contributed by atoms with Crippen molar-refractivity contribution in [3.8, 4) is 5.75 Å². The van der Waals surface area contributed by atoms with E-state index >= 15 is 0 Å². The number of nitrogens with one attached hydrogen (secondary N) is 2. The highest BCUT2D eigenvalue weighted by atomic mass is 127. The van der Waals surface area contributed by atoms with Crippen LogP contribution in [0.5, 0.6) is 5.75 Å². The zero-order chi connectivity index (χ0) is 17.2. The molecule has 7 heteroatoms. The van der Waals surface area contributed by atoms with Gasteiger partial charge in [-0.2, -0.15) is 0 Å². The van der Waals surface area contributed by atoms with Crippen LogP contribution in [0.1, 0.15) is 24.4 Å². The molecule has 1 aromatic heterocycles. The fraction of sp³-hybridized carbons (Fsp3) is 0.389. The molecule has 0 radical (unpaired) electrons. The second kappa shape index (κ2) is 11.8. The number of aliphatic imine (C=N–C) groups is 1. The molecular weight excluding hydrogens is 433 g/mol. The number of rotatable bonds is 8. The third-order valence-electron chi connectivity index (χ3n) is 3.50. The van der Waals surface area contributed by atoms with Gasteiger partial charge >= 0.3 is 0 Å². The normalized spacial score (nSPS) is 12.2. The van der Waals surface area contributed by atoms with Gasteiger partial charge < -0.3 is 24.9 Å². The molecule has 1 heterocycles. The lowest BCUT2D eigenvalue weighted by atomic mass is 10.1. The van der Waals surface area contributed by atoms with E-state index in [2.05, 4.69) is 15.6 Å². The van der Waals surface area contributed by atoms with E-state index in [0.29, 0.717) is 11.7 Å². The molecule has 0 saturated carbocycles. The molecular formula is C18H26IN3O3. The fourth-order valence-electron chi connectivity index (χ4n) is 2.21. The molecule has 6 nitrogen and oxygen atoms in total. The Labute approximate surface area is 165 Å². The summed E-state index contributed by atoms with van der Waals surface area (Å²) in [5, 5.41) is 16.4. The van der Waals surface area contributed by atoms with Crippen LogP contribution in [0.15, 0.2) is 52.1 Å². The average molecular weight is 459 g/mol. The summed E-state index contributed by atoms with van der Waals surface area (Å²) in [6, 6.07) is 11.5. The first-order chi connectivity index (χ1) is 11.7. The van der Waals surface area contributed by atoms with Gasteiger partial charge in [-0.1, -0.05) is 12.1 Å². The van der Waals surface area contributed by atoms with Crippen molar-refractivity contribution >= 4 is 29.9 Å². The van der Waals surface area contributed by atoms with E-state index in [9.17, 15) is 5.11 Å². The number of furan rings is 1. The molecule has 0 amide bonds. The van der Waals surface area contributed by atoms with E-state index in [-0.39, 0.29) is 30.5 Å². The van der Waals surface area contributed by atoms with Crippen LogP contribution < -0.4 is 15.4 Å². The Hall–Kier alpha value is -1.74.